The minimum absolute atomic E-state index is 0.0150. The summed E-state index contributed by atoms with van der Waals surface area (Å²) in [6.07, 6.45) is 8.47. The van der Waals surface area contributed by atoms with Crippen molar-refractivity contribution in [2.75, 3.05) is 5.32 Å². The fourth-order valence-electron chi connectivity index (χ4n) is 6.13. The highest BCUT2D eigenvalue weighted by Crippen LogP contribution is 2.35. The van der Waals surface area contributed by atoms with Crippen LogP contribution >= 0.6 is 0 Å². The van der Waals surface area contributed by atoms with Gasteiger partial charge < -0.3 is 20.7 Å². The van der Waals surface area contributed by atoms with Crippen LogP contribution in [-0.4, -0.2) is 34.5 Å². The quantitative estimate of drug-likeness (QED) is 0.212. The molecule has 8 nitrogen and oxygen atoms in total. The molecule has 3 amide bonds. The number of hydrogen-bond donors (Lipinski definition) is 3. The SMILES string of the molecule is CC(C)(C)OC(=O)NC(C)(C)c1ccc(-c2ncc(NC(=O)CC3CCC(NC(=O)CC4CC4)CC3)cc2-c2ccccc2)cc1. The van der Waals surface area contributed by atoms with Crippen molar-refractivity contribution >= 4 is 23.6 Å². The number of hydrogen-bond acceptors (Lipinski definition) is 5. The zero-order chi connectivity index (χ0) is 32.9. The van der Waals surface area contributed by atoms with Gasteiger partial charge in [-0.05, 0) is 102 Å². The number of nitrogens with one attached hydrogen (secondary N) is 3. The first kappa shape index (κ1) is 33.2. The fraction of sp³-hybridized carbons (Fsp3) is 0.474. The van der Waals surface area contributed by atoms with E-state index in [1.807, 2.05) is 95.3 Å². The molecule has 2 aliphatic carbocycles. The van der Waals surface area contributed by atoms with Crippen molar-refractivity contribution in [1.29, 1.82) is 0 Å². The largest absolute Gasteiger partial charge is 0.444 e. The van der Waals surface area contributed by atoms with Crippen LogP contribution in [0.2, 0.25) is 0 Å². The van der Waals surface area contributed by atoms with Crippen LogP contribution in [0.3, 0.4) is 0 Å². The van der Waals surface area contributed by atoms with E-state index in [4.69, 9.17) is 9.72 Å². The number of carbonyl (C=O) groups excluding carboxylic acids is 3. The van der Waals surface area contributed by atoms with Crippen LogP contribution in [-0.2, 0) is 19.9 Å². The molecule has 1 heterocycles. The average molecular weight is 625 g/mol. The van der Waals surface area contributed by atoms with Gasteiger partial charge in [-0.15, -0.1) is 0 Å². The Morgan fingerprint density at radius 3 is 2.00 bits per heavy atom. The van der Waals surface area contributed by atoms with Crippen molar-refractivity contribution in [3.05, 3.63) is 72.4 Å². The van der Waals surface area contributed by atoms with Crippen LogP contribution in [0.25, 0.3) is 22.4 Å². The lowest BCUT2D eigenvalue weighted by Gasteiger charge is -2.29. The van der Waals surface area contributed by atoms with Gasteiger partial charge in [0.25, 0.3) is 0 Å². The fourth-order valence-corrected chi connectivity index (χ4v) is 6.13. The van der Waals surface area contributed by atoms with E-state index in [0.29, 0.717) is 30.4 Å². The number of amides is 3. The lowest BCUT2D eigenvalue weighted by atomic mass is 9.84. The third-order valence-electron chi connectivity index (χ3n) is 8.81. The Hall–Kier alpha value is -4.20. The lowest BCUT2D eigenvalue weighted by molar-refractivity contribution is -0.122. The molecule has 0 atom stereocenters. The molecule has 2 fully saturated rings. The van der Waals surface area contributed by atoms with Crippen LogP contribution in [0.5, 0.6) is 0 Å². The minimum Gasteiger partial charge on any atom is -0.444 e. The van der Waals surface area contributed by atoms with E-state index in [9.17, 15) is 14.4 Å². The van der Waals surface area contributed by atoms with E-state index in [2.05, 4.69) is 16.0 Å². The number of nitrogens with zero attached hydrogens (tertiary/aromatic N) is 1. The molecule has 0 bridgehead atoms. The van der Waals surface area contributed by atoms with Gasteiger partial charge in [0.1, 0.15) is 5.60 Å². The van der Waals surface area contributed by atoms with Gasteiger partial charge in [-0.1, -0.05) is 54.6 Å². The number of rotatable bonds is 10. The average Bonchev–Trinajstić information content (AvgIpc) is 3.81. The second kappa shape index (κ2) is 14.1. The third-order valence-corrected chi connectivity index (χ3v) is 8.81. The van der Waals surface area contributed by atoms with Crippen LogP contribution in [0.15, 0.2) is 66.9 Å². The van der Waals surface area contributed by atoms with Crippen molar-refractivity contribution in [3.63, 3.8) is 0 Å². The number of carbonyl (C=O) groups is 3. The first-order valence-corrected chi connectivity index (χ1v) is 16.6. The molecule has 2 saturated carbocycles. The monoisotopic (exact) mass is 624 g/mol. The highest BCUT2D eigenvalue weighted by Gasteiger charge is 2.29. The summed E-state index contributed by atoms with van der Waals surface area (Å²) < 4.78 is 5.46. The first-order chi connectivity index (χ1) is 21.8. The van der Waals surface area contributed by atoms with Crippen LogP contribution < -0.4 is 16.0 Å². The Morgan fingerprint density at radius 1 is 0.783 bits per heavy atom. The van der Waals surface area contributed by atoms with Gasteiger partial charge in [-0.3, -0.25) is 14.6 Å². The molecule has 46 heavy (non-hydrogen) atoms. The van der Waals surface area contributed by atoms with Gasteiger partial charge in [0, 0.05) is 30.0 Å². The van der Waals surface area contributed by atoms with Crippen molar-refractivity contribution in [1.82, 2.24) is 15.6 Å². The Morgan fingerprint density at radius 2 is 1.39 bits per heavy atom. The second-order valence-electron chi connectivity index (χ2n) is 14.5. The maximum Gasteiger partial charge on any atom is 0.408 e. The topological polar surface area (TPSA) is 109 Å². The molecule has 5 rings (SSSR count). The van der Waals surface area contributed by atoms with Gasteiger partial charge in [-0.2, -0.15) is 0 Å². The molecule has 0 saturated heterocycles. The molecule has 3 aromatic rings. The molecule has 2 aliphatic rings. The Bertz CT molecular complexity index is 1520. The summed E-state index contributed by atoms with van der Waals surface area (Å²) in [6.45, 7) is 9.41. The number of anilines is 1. The zero-order valence-electron chi connectivity index (χ0n) is 27.8. The highest BCUT2D eigenvalue weighted by molar-refractivity contribution is 5.93. The van der Waals surface area contributed by atoms with E-state index < -0.39 is 17.2 Å². The summed E-state index contributed by atoms with van der Waals surface area (Å²) >= 11 is 0. The van der Waals surface area contributed by atoms with Gasteiger partial charge in [0.15, 0.2) is 0 Å². The van der Waals surface area contributed by atoms with Crippen molar-refractivity contribution in [3.8, 4) is 22.4 Å². The predicted molar refractivity (Wildman–Crippen MR) is 182 cm³/mol. The summed E-state index contributed by atoms with van der Waals surface area (Å²) in [6, 6.07) is 20.2. The van der Waals surface area contributed by atoms with Gasteiger partial charge in [0.05, 0.1) is 23.1 Å². The number of pyridine rings is 1. The molecule has 8 heteroatoms. The normalized spacial score (nSPS) is 18.4. The summed E-state index contributed by atoms with van der Waals surface area (Å²) in [5.41, 5.74) is 4.01. The number of ether oxygens (including phenoxy) is 1. The molecule has 0 unspecified atom stereocenters. The lowest BCUT2D eigenvalue weighted by Crippen LogP contribution is -2.43. The Kier molecular flexibility index (Phi) is 10.1. The molecule has 3 N–H and O–H groups in total. The van der Waals surface area contributed by atoms with Crippen molar-refractivity contribution in [2.45, 2.75) is 103 Å². The summed E-state index contributed by atoms with van der Waals surface area (Å²) in [5, 5.41) is 9.25. The van der Waals surface area contributed by atoms with E-state index in [-0.39, 0.29) is 17.9 Å². The number of alkyl carbamates (subject to hydrolysis) is 1. The predicted octanol–water partition coefficient (Wildman–Crippen LogP) is 7.98. The van der Waals surface area contributed by atoms with Gasteiger partial charge in [0.2, 0.25) is 11.8 Å². The third kappa shape index (κ3) is 9.41. The van der Waals surface area contributed by atoms with E-state index in [1.165, 1.54) is 12.8 Å². The minimum atomic E-state index is -0.645. The van der Waals surface area contributed by atoms with Crippen molar-refractivity contribution < 1.29 is 19.1 Å². The Labute approximate surface area is 273 Å². The summed E-state index contributed by atoms with van der Waals surface area (Å²) in [5.74, 6) is 1.08. The second-order valence-corrected chi connectivity index (χ2v) is 14.5. The van der Waals surface area contributed by atoms with Crippen LogP contribution in [0, 0.1) is 11.8 Å². The molecule has 1 aromatic heterocycles. The standard InChI is InChI=1S/C38H48N4O4/c1-37(2,3)46-36(45)42-38(4,5)29-17-15-28(16-18-29)35-32(27-9-7-6-8-10-27)23-31(24-39-35)41-34(44)22-26-13-19-30(20-14-26)40-33(43)21-25-11-12-25/h6-10,15-18,23-26,30H,11-14,19-22H2,1-5H3,(H,40,43)(H,41,44)(H,42,45). The number of benzene rings is 2. The Balaban J connectivity index is 1.24. The molecule has 244 valence electrons. The van der Waals surface area contributed by atoms with E-state index in [0.717, 1.165) is 53.6 Å². The van der Waals surface area contributed by atoms with Gasteiger partial charge in [-0.25, -0.2) is 4.79 Å². The van der Waals surface area contributed by atoms with Crippen LogP contribution in [0.4, 0.5) is 10.5 Å². The van der Waals surface area contributed by atoms with E-state index in [1.54, 1.807) is 6.20 Å². The smallest absolute Gasteiger partial charge is 0.408 e. The zero-order valence-corrected chi connectivity index (χ0v) is 27.8. The van der Waals surface area contributed by atoms with Crippen molar-refractivity contribution in [2.24, 2.45) is 11.8 Å². The maximum atomic E-state index is 13.1. The summed E-state index contributed by atoms with van der Waals surface area (Å²) in [7, 11) is 0. The molecular weight excluding hydrogens is 576 g/mol. The first-order valence-electron chi connectivity index (χ1n) is 16.6. The molecule has 0 radical (unpaired) electrons. The van der Waals surface area contributed by atoms with Gasteiger partial charge >= 0.3 is 6.09 Å². The molecule has 0 spiro atoms. The number of aromatic nitrogens is 1. The molecule has 2 aromatic carbocycles. The maximum absolute atomic E-state index is 13.1. The molecule has 0 aliphatic heterocycles. The molecular formula is C38H48N4O4. The van der Waals surface area contributed by atoms with Crippen LogP contribution in [0.1, 0.15) is 91.5 Å². The van der Waals surface area contributed by atoms with E-state index >= 15 is 0 Å². The summed E-state index contributed by atoms with van der Waals surface area (Å²) in [4.78, 5) is 42.6. The highest BCUT2D eigenvalue weighted by atomic mass is 16.6.